The van der Waals surface area contributed by atoms with Gasteiger partial charge in [0.05, 0.1) is 5.92 Å². The second-order valence-electron chi connectivity index (χ2n) is 5.35. The van der Waals surface area contributed by atoms with Crippen LogP contribution in [-0.2, 0) is 4.79 Å². The SMILES string of the molecule is O=C(O)C1CC2CCC1N2CCCCCCO. The molecule has 0 aromatic heterocycles. The topological polar surface area (TPSA) is 60.8 Å². The molecule has 0 aliphatic carbocycles. The molecule has 4 nitrogen and oxygen atoms in total. The number of aliphatic hydroxyl groups is 1. The van der Waals surface area contributed by atoms with Crippen molar-refractivity contribution in [1.29, 1.82) is 0 Å². The van der Waals surface area contributed by atoms with Crippen molar-refractivity contribution in [2.75, 3.05) is 13.2 Å². The number of aliphatic carboxylic acids is 1. The molecule has 4 heteroatoms. The molecule has 0 radical (unpaired) electrons. The lowest BCUT2D eigenvalue weighted by Gasteiger charge is -2.22. The van der Waals surface area contributed by atoms with Gasteiger partial charge < -0.3 is 10.2 Å². The molecule has 2 aliphatic rings. The Hall–Kier alpha value is -0.610. The summed E-state index contributed by atoms with van der Waals surface area (Å²) in [5, 5.41) is 17.8. The lowest BCUT2D eigenvalue weighted by Crippen LogP contribution is -2.33. The summed E-state index contributed by atoms with van der Waals surface area (Å²) >= 11 is 0. The van der Waals surface area contributed by atoms with E-state index in [0.29, 0.717) is 12.1 Å². The van der Waals surface area contributed by atoms with Gasteiger partial charge in [-0.1, -0.05) is 12.8 Å². The normalized spacial score (nSPS) is 32.2. The van der Waals surface area contributed by atoms with Crippen LogP contribution in [0, 0.1) is 5.92 Å². The first kappa shape index (κ1) is 12.8. The Kier molecular flexibility index (Phi) is 4.40. The minimum atomic E-state index is -0.609. The van der Waals surface area contributed by atoms with Crippen LogP contribution in [0.15, 0.2) is 0 Å². The quantitative estimate of drug-likeness (QED) is 0.663. The second kappa shape index (κ2) is 5.83. The Balaban J connectivity index is 1.73. The maximum Gasteiger partial charge on any atom is 0.308 e. The molecule has 0 saturated carbocycles. The van der Waals surface area contributed by atoms with Crippen LogP contribution in [0.3, 0.4) is 0 Å². The summed E-state index contributed by atoms with van der Waals surface area (Å²) in [7, 11) is 0. The Morgan fingerprint density at radius 3 is 2.59 bits per heavy atom. The number of carboxylic acid groups (broad SMARTS) is 1. The molecule has 2 heterocycles. The highest BCUT2D eigenvalue weighted by Crippen LogP contribution is 2.41. The predicted octanol–water partition coefficient (Wildman–Crippen LogP) is 1.48. The van der Waals surface area contributed by atoms with Crippen molar-refractivity contribution < 1.29 is 15.0 Å². The van der Waals surface area contributed by atoms with Gasteiger partial charge in [-0.2, -0.15) is 0 Å². The van der Waals surface area contributed by atoms with Crippen LogP contribution in [0.5, 0.6) is 0 Å². The van der Waals surface area contributed by atoms with Crippen molar-refractivity contribution in [2.45, 2.75) is 57.0 Å². The van der Waals surface area contributed by atoms with Crippen LogP contribution in [0.2, 0.25) is 0 Å². The van der Waals surface area contributed by atoms with Crippen molar-refractivity contribution in [3.8, 4) is 0 Å². The number of fused-ring (bicyclic) bond motifs is 2. The Labute approximate surface area is 103 Å². The second-order valence-corrected chi connectivity index (χ2v) is 5.35. The van der Waals surface area contributed by atoms with Gasteiger partial charge in [-0.15, -0.1) is 0 Å². The van der Waals surface area contributed by atoms with Crippen molar-refractivity contribution in [1.82, 2.24) is 4.90 Å². The maximum absolute atomic E-state index is 11.1. The van der Waals surface area contributed by atoms with Gasteiger partial charge in [-0.3, -0.25) is 9.69 Å². The molecule has 3 unspecified atom stereocenters. The fourth-order valence-electron chi connectivity index (χ4n) is 3.47. The van der Waals surface area contributed by atoms with E-state index in [1.54, 1.807) is 0 Å². The van der Waals surface area contributed by atoms with Crippen LogP contribution >= 0.6 is 0 Å². The standard InChI is InChI=1S/C13H23NO3/c15-8-4-2-1-3-7-14-10-5-6-12(14)11(9-10)13(16)17/h10-12,15H,1-9H2,(H,16,17). The minimum absolute atomic E-state index is 0.119. The van der Waals surface area contributed by atoms with E-state index in [1.165, 1.54) is 6.42 Å². The van der Waals surface area contributed by atoms with E-state index >= 15 is 0 Å². The van der Waals surface area contributed by atoms with Crippen molar-refractivity contribution in [3.63, 3.8) is 0 Å². The van der Waals surface area contributed by atoms with Gasteiger partial charge >= 0.3 is 5.97 Å². The molecular weight excluding hydrogens is 218 g/mol. The van der Waals surface area contributed by atoms with Gasteiger partial charge in [0, 0.05) is 18.7 Å². The summed E-state index contributed by atoms with van der Waals surface area (Å²) in [6, 6.07) is 0.828. The molecular formula is C13H23NO3. The molecule has 0 aromatic carbocycles. The molecule has 3 atom stereocenters. The number of hydrogen-bond acceptors (Lipinski definition) is 3. The van der Waals surface area contributed by atoms with Gasteiger partial charge in [0.15, 0.2) is 0 Å². The van der Waals surface area contributed by atoms with Gasteiger partial charge in [0.25, 0.3) is 0 Å². The number of rotatable bonds is 7. The molecule has 2 fully saturated rings. The number of carbonyl (C=O) groups is 1. The zero-order valence-corrected chi connectivity index (χ0v) is 10.3. The zero-order valence-electron chi connectivity index (χ0n) is 10.3. The lowest BCUT2D eigenvalue weighted by molar-refractivity contribution is -0.142. The molecule has 0 amide bonds. The van der Waals surface area contributed by atoms with Gasteiger partial charge in [0.2, 0.25) is 0 Å². The summed E-state index contributed by atoms with van der Waals surface area (Å²) in [6.07, 6.45) is 7.38. The Bertz CT molecular complexity index is 269. The average Bonchev–Trinajstić information content (AvgIpc) is 2.86. The molecule has 2 rings (SSSR count). The summed E-state index contributed by atoms with van der Waals surface area (Å²) in [4.78, 5) is 13.5. The smallest absolute Gasteiger partial charge is 0.308 e. The highest BCUT2D eigenvalue weighted by atomic mass is 16.4. The largest absolute Gasteiger partial charge is 0.481 e. The van der Waals surface area contributed by atoms with Crippen LogP contribution in [0.4, 0.5) is 0 Å². The molecule has 2 saturated heterocycles. The van der Waals surface area contributed by atoms with Crippen LogP contribution in [0.25, 0.3) is 0 Å². The first-order chi connectivity index (χ1) is 8.24. The van der Waals surface area contributed by atoms with Crippen LogP contribution in [0.1, 0.15) is 44.9 Å². The minimum Gasteiger partial charge on any atom is -0.481 e. The van der Waals surface area contributed by atoms with Crippen molar-refractivity contribution >= 4 is 5.97 Å². The molecule has 0 spiro atoms. The summed E-state index contributed by atoms with van der Waals surface area (Å²) in [5.41, 5.74) is 0. The molecule has 2 N–H and O–H groups in total. The Morgan fingerprint density at radius 2 is 1.94 bits per heavy atom. The van der Waals surface area contributed by atoms with E-state index in [2.05, 4.69) is 4.90 Å². The first-order valence-corrected chi connectivity index (χ1v) is 6.83. The molecule has 2 aliphatic heterocycles. The molecule has 98 valence electrons. The van der Waals surface area contributed by atoms with E-state index in [1.807, 2.05) is 0 Å². The van der Waals surface area contributed by atoms with Gasteiger partial charge in [-0.25, -0.2) is 0 Å². The van der Waals surface area contributed by atoms with Crippen molar-refractivity contribution in [2.24, 2.45) is 5.92 Å². The number of aliphatic hydroxyl groups excluding tert-OH is 1. The summed E-state index contributed by atoms with van der Waals surface area (Å²) < 4.78 is 0. The number of carboxylic acids is 1. The van der Waals surface area contributed by atoms with Crippen molar-refractivity contribution in [3.05, 3.63) is 0 Å². The maximum atomic E-state index is 11.1. The third-order valence-corrected chi connectivity index (χ3v) is 4.32. The number of nitrogens with zero attached hydrogens (tertiary/aromatic N) is 1. The van der Waals surface area contributed by atoms with E-state index in [4.69, 9.17) is 10.2 Å². The molecule has 2 bridgehead atoms. The van der Waals surface area contributed by atoms with Gasteiger partial charge in [0.1, 0.15) is 0 Å². The van der Waals surface area contributed by atoms with E-state index in [-0.39, 0.29) is 12.5 Å². The van der Waals surface area contributed by atoms with Crippen LogP contribution in [-0.4, -0.2) is 46.3 Å². The molecule has 17 heavy (non-hydrogen) atoms. The summed E-state index contributed by atoms with van der Waals surface area (Å²) in [6.45, 7) is 1.33. The highest BCUT2D eigenvalue weighted by molar-refractivity contribution is 5.71. The highest BCUT2D eigenvalue weighted by Gasteiger charge is 2.48. The average molecular weight is 241 g/mol. The zero-order chi connectivity index (χ0) is 12.3. The van der Waals surface area contributed by atoms with E-state index in [0.717, 1.165) is 45.1 Å². The first-order valence-electron chi connectivity index (χ1n) is 6.83. The Morgan fingerprint density at radius 1 is 1.18 bits per heavy atom. The van der Waals surface area contributed by atoms with Crippen LogP contribution < -0.4 is 0 Å². The lowest BCUT2D eigenvalue weighted by atomic mass is 9.89. The predicted molar refractivity (Wildman–Crippen MR) is 64.8 cm³/mol. The fraction of sp³-hybridized carbons (Fsp3) is 0.923. The number of unbranched alkanes of at least 4 members (excludes halogenated alkanes) is 3. The fourth-order valence-corrected chi connectivity index (χ4v) is 3.47. The van der Waals surface area contributed by atoms with Gasteiger partial charge in [-0.05, 0) is 38.6 Å². The third kappa shape index (κ3) is 2.80. The van der Waals surface area contributed by atoms with E-state index < -0.39 is 5.97 Å². The monoisotopic (exact) mass is 241 g/mol. The summed E-state index contributed by atoms with van der Waals surface area (Å²) in [5.74, 6) is -0.728. The number of hydrogen-bond donors (Lipinski definition) is 2. The molecule has 0 aromatic rings. The third-order valence-electron chi connectivity index (χ3n) is 4.32. The van der Waals surface area contributed by atoms with E-state index in [9.17, 15) is 4.79 Å².